The van der Waals surface area contributed by atoms with Crippen molar-refractivity contribution in [2.45, 2.75) is 38.1 Å². The fraction of sp³-hybridized carbons (Fsp3) is 0.421. The lowest BCUT2D eigenvalue weighted by Crippen LogP contribution is -2.49. The van der Waals surface area contributed by atoms with Crippen LogP contribution in [0.2, 0.25) is 0 Å². The lowest BCUT2D eigenvalue weighted by molar-refractivity contribution is -0.145. The molecule has 1 saturated heterocycles. The van der Waals surface area contributed by atoms with Gasteiger partial charge in [0.05, 0.1) is 17.2 Å². The highest BCUT2D eigenvalue weighted by atomic mass is 16.4. The van der Waals surface area contributed by atoms with Crippen molar-refractivity contribution in [3.05, 3.63) is 53.9 Å². The van der Waals surface area contributed by atoms with Crippen molar-refractivity contribution in [2.24, 2.45) is 0 Å². The van der Waals surface area contributed by atoms with Crippen LogP contribution >= 0.6 is 0 Å². The number of hydrogen-bond acceptors (Lipinski definition) is 3. The normalized spacial score (nSPS) is 16.6. The molecule has 0 atom stereocenters. The van der Waals surface area contributed by atoms with Crippen LogP contribution in [-0.2, 0) is 16.8 Å². The third kappa shape index (κ3) is 3.29. The van der Waals surface area contributed by atoms with Gasteiger partial charge >= 0.3 is 5.97 Å². The van der Waals surface area contributed by atoms with E-state index in [0.717, 1.165) is 18.5 Å². The molecule has 25 heavy (non-hydrogen) atoms. The summed E-state index contributed by atoms with van der Waals surface area (Å²) in [6.45, 7) is 3.70. The van der Waals surface area contributed by atoms with Gasteiger partial charge in [0.15, 0.2) is 0 Å². The molecule has 1 fully saturated rings. The first-order valence-corrected chi connectivity index (χ1v) is 8.67. The number of aliphatic carboxylic acids is 1. The Balaban J connectivity index is 1.73. The minimum Gasteiger partial charge on any atom is -0.481 e. The maximum Gasteiger partial charge on any atom is 0.314 e. The minimum absolute atomic E-state index is 0.0746. The number of aromatic nitrogens is 2. The molecule has 0 radical (unpaired) electrons. The Kier molecular flexibility index (Phi) is 4.88. The Morgan fingerprint density at radius 1 is 1.20 bits per heavy atom. The summed E-state index contributed by atoms with van der Waals surface area (Å²) in [7, 11) is 0. The van der Waals surface area contributed by atoms with Crippen LogP contribution in [0.25, 0.3) is 0 Å². The zero-order chi connectivity index (χ0) is 17.9. The van der Waals surface area contributed by atoms with Crippen molar-refractivity contribution < 1.29 is 14.7 Å². The molecule has 0 unspecified atom stereocenters. The van der Waals surface area contributed by atoms with Crippen LogP contribution in [0.3, 0.4) is 0 Å². The number of carboxylic acid groups (broad SMARTS) is 1. The van der Waals surface area contributed by atoms with E-state index in [1.807, 2.05) is 30.3 Å². The van der Waals surface area contributed by atoms with Crippen molar-refractivity contribution in [3.63, 3.8) is 0 Å². The summed E-state index contributed by atoms with van der Waals surface area (Å²) < 4.78 is 1.77. The average Bonchev–Trinajstić information content (AvgIpc) is 3.11. The minimum atomic E-state index is -0.912. The Bertz CT molecular complexity index is 746. The predicted octanol–water partition coefficient (Wildman–Crippen LogP) is 2.55. The first-order valence-electron chi connectivity index (χ1n) is 8.67. The van der Waals surface area contributed by atoms with E-state index in [2.05, 4.69) is 12.0 Å². The van der Waals surface area contributed by atoms with Gasteiger partial charge in [-0.05, 0) is 24.8 Å². The third-order valence-corrected chi connectivity index (χ3v) is 4.97. The van der Waals surface area contributed by atoms with Gasteiger partial charge < -0.3 is 10.0 Å². The molecule has 0 spiro atoms. The van der Waals surface area contributed by atoms with Crippen molar-refractivity contribution in [1.29, 1.82) is 0 Å². The molecule has 2 heterocycles. The van der Waals surface area contributed by atoms with E-state index in [1.54, 1.807) is 22.0 Å². The summed E-state index contributed by atoms with van der Waals surface area (Å²) in [5.41, 5.74) is 0.464. The van der Waals surface area contributed by atoms with Gasteiger partial charge in [0.25, 0.3) is 5.91 Å². The van der Waals surface area contributed by atoms with E-state index < -0.39 is 11.4 Å². The number of carboxylic acids is 1. The molecule has 6 nitrogen and oxygen atoms in total. The second-order valence-electron chi connectivity index (χ2n) is 6.54. The third-order valence-electron chi connectivity index (χ3n) is 4.97. The van der Waals surface area contributed by atoms with E-state index in [1.165, 1.54) is 0 Å². The quantitative estimate of drug-likeness (QED) is 0.907. The molecule has 1 N–H and O–H groups in total. The van der Waals surface area contributed by atoms with Gasteiger partial charge in [0, 0.05) is 25.8 Å². The van der Waals surface area contributed by atoms with Crippen molar-refractivity contribution in [2.75, 3.05) is 13.1 Å². The standard InChI is InChI=1S/C19H23N3O3/c1-2-10-22-14-15(13-20-22)17(23)21-11-8-19(9-12-21,18(24)25)16-6-4-3-5-7-16/h3-7,13-14H,2,8-12H2,1H3,(H,24,25). The second kappa shape index (κ2) is 7.09. The number of amides is 1. The van der Waals surface area contributed by atoms with Crippen LogP contribution in [-0.4, -0.2) is 44.8 Å². The van der Waals surface area contributed by atoms with E-state index in [9.17, 15) is 14.7 Å². The number of benzene rings is 1. The molecule has 1 aromatic heterocycles. The number of aryl methyl sites for hydroxylation is 1. The van der Waals surface area contributed by atoms with Gasteiger partial charge in [-0.15, -0.1) is 0 Å². The van der Waals surface area contributed by atoms with Gasteiger partial charge in [0.2, 0.25) is 0 Å². The van der Waals surface area contributed by atoms with E-state index >= 15 is 0 Å². The molecular weight excluding hydrogens is 318 g/mol. The Morgan fingerprint density at radius 2 is 1.88 bits per heavy atom. The Hall–Kier alpha value is -2.63. The zero-order valence-electron chi connectivity index (χ0n) is 14.4. The molecule has 132 valence electrons. The van der Waals surface area contributed by atoms with Crippen LogP contribution in [0.4, 0.5) is 0 Å². The molecule has 1 aromatic carbocycles. The van der Waals surface area contributed by atoms with E-state index in [0.29, 0.717) is 31.5 Å². The van der Waals surface area contributed by atoms with Gasteiger partial charge in [-0.1, -0.05) is 37.3 Å². The summed E-state index contributed by atoms with van der Waals surface area (Å²) in [5.74, 6) is -0.893. The van der Waals surface area contributed by atoms with Gasteiger partial charge in [0.1, 0.15) is 0 Å². The van der Waals surface area contributed by atoms with Crippen LogP contribution < -0.4 is 0 Å². The Morgan fingerprint density at radius 3 is 2.48 bits per heavy atom. The lowest BCUT2D eigenvalue weighted by atomic mass is 9.73. The molecule has 0 saturated carbocycles. The fourth-order valence-electron chi connectivity index (χ4n) is 3.48. The van der Waals surface area contributed by atoms with Crippen molar-refractivity contribution >= 4 is 11.9 Å². The molecule has 2 aromatic rings. The number of hydrogen-bond donors (Lipinski definition) is 1. The highest BCUT2D eigenvalue weighted by molar-refractivity contribution is 5.94. The van der Waals surface area contributed by atoms with Gasteiger partial charge in [-0.2, -0.15) is 5.10 Å². The molecule has 0 bridgehead atoms. The van der Waals surface area contributed by atoms with Crippen molar-refractivity contribution in [1.82, 2.24) is 14.7 Å². The summed E-state index contributed by atoms with van der Waals surface area (Å²) in [5, 5.41) is 14.0. The fourth-order valence-corrected chi connectivity index (χ4v) is 3.48. The molecule has 3 rings (SSSR count). The number of carbonyl (C=O) groups is 2. The number of piperidine rings is 1. The van der Waals surface area contributed by atoms with Crippen molar-refractivity contribution in [3.8, 4) is 0 Å². The number of nitrogens with zero attached hydrogens (tertiary/aromatic N) is 3. The highest BCUT2D eigenvalue weighted by Crippen LogP contribution is 2.36. The first kappa shape index (κ1) is 17.2. The maximum atomic E-state index is 12.7. The van der Waals surface area contributed by atoms with Gasteiger partial charge in [-0.25, -0.2) is 0 Å². The Labute approximate surface area is 147 Å². The number of rotatable bonds is 5. The topological polar surface area (TPSA) is 75.4 Å². The number of carbonyl (C=O) groups excluding carboxylic acids is 1. The van der Waals surface area contributed by atoms with Gasteiger partial charge in [-0.3, -0.25) is 14.3 Å². The summed E-state index contributed by atoms with van der Waals surface area (Å²) in [6, 6.07) is 9.33. The molecule has 1 aliphatic rings. The average molecular weight is 341 g/mol. The highest BCUT2D eigenvalue weighted by Gasteiger charge is 2.43. The zero-order valence-corrected chi connectivity index (χ0v) is 14.4. The SMILES string of the molecule is CCCn1cc(C(=O)N2CCC(C(=O)O)(c3ccccc3)CC2)cn1. The predicted molar refractivity (Wildman–Crippen MR) is 93.4 cm³/mol. The maximum absolute atomic E-state index is 12.7. The van der Waals surface area contributed by atoms with Crippen LogP contribution in [0.5, 0.6) is 0 Å². The molecule has 1 aliphatic heterocycles. The first-order chi connectivity index (χ1) is 12.1. The molecule has 0 aliphatic carbocycles. The van der Waals surface area contributed by atoms with Crippen LogP contribution in [0.15, 0.2) is 42.7 Å². The molecular formula is C19H23N3O3. The van der Waals surface area contributed by atoms with E-state index in [-0.39, 0.29) is 5.91 Å². The summed E-state index contributed by atoms with van der Waals surface area (Å²) in [6.07, 6.45) is 5.15. The van der Waals surface area contributed by atoms with Crippen LogP contribution in [0.1, 0.15) is 42.1 Å². The number of likely N-dealkylation sites (tertiary alicyclic amines) is 1. The molecule has 1 amide bonds. The monoisotopic (exact) mass is 341 g/mol. The largest absolute Gasteiger partial charge is 0.481 e. The summed E-state index contributed by atoms with van der Waals surface area (Å²) in [4.78, 5) is 26.4. The van der Waals surface area contributed by atoms with Crippen LogP contribution in [0, 0.1) is 0 Å². The smallest absolute Gasteiger partial charge is 0.314 e. The van der Waals surface area contributed by atoms with E-state index in [4.69, 9.17) is 0 Å². The molecule has 6 heteroatoms. The lowest BCUT2D eigenvalue weighted by Gasteiger charge is -2.39. The second-order valence-corrected chi connectivity index (χ2v) is 6.54. The summed E-state index contributed by atoms with van der Waals surface area (Å²) >= 11 is 0.